The number of non-ortho nitro benzene ring substituents is 2. The third-order valence-corrected chi connectivity index (χ3v) is 7.92. The van der Waals surface area contributed by atoms with Crippen molar-refractivity contribution in [3.8, 4) is 23.0 Å². The van der Waals surface area contributed by atoms with E-state index < -0.39 is 9.85 Å². The fraction of sp³-hybridized carbons (Fsp3) is 0.250. The minimum Gasteiger partial charge on any atom is -0.457 e. The Kier molecular flexibility index (Phi) is 7.77. The Labute approximate surface area is 232 Å². The van der Waals surface area contributed by atoms with Crippen molar-refractivity contribution < 1.29 is 19.3 Å². The van der Waals surface area contributed by atoms with Gasteiger partial charge in [0, 0.05) is 29.7 Å². The monoisotopic (exact) mass is 538 g/mol. The van der Waals surface area contributed by atoms with Gasteiger partial charge in [-0.15, -0.1) is 0 Å². The zero-order chi connectivity index (χ0) is 28.1. The van der Waals surface area contributed by atoms with Crippen LogP contribution in [0.4, 0.5) is 11.4 Å². The van der Waals surface area contributed by atoms with E-state index in [2.05, 4.69) is 31.2 Å². The van der Waals surface area contributed by atoms with E-state index in [4.69, 9.17) is 9.47 Å². The van der Waals surface area contributed by atoms with Gasteiger partial charge in [-0.3, -0.25) is 20.2 Å². The minimum atomic E-state index is -0.431. The summed E-state index contributed by atoms with van der Waals surface area (Å²) in [7, 11) is 0. The van der Waals surface area contributed by atoms with Crippen LogP contribution >= 0.6 is 0 Å². The highest BCUT2D eigenvalue weighted by molar-refractivity contribution is 5.46. The van der Waals surface area contributed by atoms with Gasteiger partial charge in [0.25, 0.3) is 11.4 Å². The van der Waals surface area contributed by atoms with E-state index in [-0.39, 0.29) is 16.8 Å². The molecule has 1 saturated carbocycles. The zero-order valence-electron chi connectivity index (χ0n) is 22.2. The van der Waals surface area contributed by atoms with Gasteiger partial charge in [0.2, 0.25) is 0 Å². The van der Waals surface area contributed by atoms with E-state index >= 15 is 0 Å². The number of hydrogen-bond acceptors (Lipinski definition) is 6. The highest BCUT2D eigenvalue weighted by Gasteiger charge is 2.38. The quantitative estimate of drug-likeness (QED) is 0.156. The van der Waals surface area contributed by atoms with Gasteiger partial charge in [0.05, 0.1) is 9.85 Å². The SMILES string of the molecule is CCC1CCC(c2ccc(Oc3ccc([N+](=O)[O-])cc3)cc2)(c2ccc(Oc3ccc([N+](=O)[O-])cc3)cc2)CC1. The van der Waals surface area contributed by atoms with Gasteiger partial charge in [-0.05, 0) is 91.3 Å². The highest BCUT2D eigenvalue weighted by Crippen LogP contribution is 2.48. The van der Waals surface area contributed by atoms with Gasteiger partial charge < -0.3 is 9.47 Å². The number of rotatable bonds is 9. The summed E-state index contributed by atoms with van der Waals surface area (Å²) in [5.74, 6) is 3.14. The van der Waals surface area contributed by atoms with Crippen LogP contribution in [-0.2, 0) is 5.41 Å². The molecule has 0 amide bonds. The number of ether oxygens (including phenoxy) is 2. The summed E-state index contributed by atoms with van der Waals surface area (Å²) in [5.41, 5.74) is 2.36. The average molecular weight is 539 g/mol. The smallest absolute Gasteiger partial charge is 0.269 e. The predicted octanol–water partition coefficient (Wildman–Crippen LogP) is 8.97. The molecule has 40 heavy (non-hydrogen) atoms. The molecule has 0 bridgehead atoms. The van der Waals surface area contributed by atoms with Gasteiger partial charge in [0.15, 0.2) is 0 Å². The van der Waals surface area contributed by atoms with Gasteiger partial charge in [-0.2, -0.15) is 0 Å². The molecule has 0 spiro atoms. The zero-order valence-corrected chi connectivity index (χ0v) is 22.2. The van der Waals surface area contributed by atoms with Gasteiger partial charge in [0.1, 0.15) is 23.0 Å². The maximum atomic E-state index is 10.9. The summed E-state index contributed by atoms with van der Waals surface area (Å²) in [6, 6.07) is 28.4. The van der Waals surface area contributed by atoms with Crippen LogP contribution in [0.25, 0.3) is 0 Å². The Balaban J connectivity index is 1.36. The summed E-state index contributed by atoms with van der Waals surface area (Å²) < 4.78 is 11.9. The fourth-order valence-electron chi connectivity index (χ4n) is 5.55. The standard InChI is InChI=1S/C32H30N2O6/c1-2-23-19-21-32(22-20-23,24-3-11-28(12-4-24)39-30-15-7-26(8-16-30)33(35)36)25-5-13-29(14-6-25)40-31-17-9-27(10-18-31)34(37)38/h3-18,23H,2,19-22H2,1H3. The first-order valence-electron chi connectivity index (χ1n) is 13.4. The van der Waals surface area contributed by atoms with E-state index in [1.54, 1.807) is 24.3 Å². The molecule has 4 aromatic carbocycles. The summed E-state index contributed by atoms with van der Waals surface area (Å²) in [4.78, 5) is 21.0. The first-order chi connectivity index (χ1) is 19.4. The molecule has 4 aromatic rings. The molecule has 0 heterocycles. The third-order valence-electron chi connectivity index (χ3n) is 7.92. The van der Waals surface area contributed by atoms with Crippen LogP contribution in [0, 0.1) is 26.1 Å². The predicted molar refractivity (Wildman–Crippen MR) is 152 cm³/mol. The summed E-state index contributed by atoms with van der Waals surface area (Å²) >= 11 is 0. The van der Waals surface area contributed by atoms with Crippen LogP contribution in [0.15, 0.2) is 97.1 Å². The number of nitrogens with zero attached hydrogens (tertiary/aromatic N) is 2. The molecule has 204 valence electrons. The Morgan fingerprint density at radius 1 is 0.625 bits per heavy atom. The molecule has 8 heteroatoms. The minimum absolute atomic E-state index is 0.0245. The molecule has 5 rings (SSSR count). The lowest BCUT2D eigenvalue weighted by atomic mass is 9.63. The van der Waals surface area contributed by atoms with Crippen LogP contribution in [-0.4, -0.2) is 9.85 Å². The Hall–Kier alpha value is -4.72. The van der Waals surface area contributed by atoms with Crippen molar-refractivity contribution in [3.63, 3.8) is 0 Å². The van der Waals surface area contributed by atoms with E-state index in [0.29, 0.717) is 23.0 Å². The molecule has 1 aliphatic carbocycles. The third kappa shape index (κ3) is 5.81. The lowest BCUT2D eigenvalue weighted by Gasteiger charge is -2.41. The molecule has 0 atom stereocenters. The van der Waals surface area contributed by atoms with E-state index in [9.17, 15) is 20.2 Å². The van der Waals surface area contributed by atoms with Crippen molar-refractivity contribution in [3.05, 3.63) is 128 Å². The molecule has 0 unspecified atom stereocenters. The number of nitro benzene ring substituents is 2. The second kappa shape index (κ2) is 11.6. The molecule has 0 N–H and O–H groups in total. The molecule has 0 saturated heterocycles. The topological polar surface area (TPSA) is 105 Å². The maximum absolute atomic E-state index is 10.9. The van der Waals surface area contributed by atoms with Crippen LogP contribution < -0.4 is 9.47 Å². The second-order valence-corrected chi connectivity index (χ2v) is 10.2. The van der Waals surface area contributed by atoms with Crippen LogP contribution in [0.1, 0.15) is 50.2 Å². The Morgan fingerprint density at radius 3 is 1.25 bits per heavy atom. The number of benzene rings is 4. The van der Waals surface area contributed by atoms with Crippen molar-refractivity contribution in [2.45, 2.75) is 44.4 Å². The van der Waals surface area contributed by atoms with Gasteiger partial charge in [-0.25, -0.2) is 0 Å². The van der Waals surface area contributed by atoms with Gasteiger partial charge >= 0.3 is 0 Å². The van der Waals surface area contributed by atoms with E-state index in [0.717, 1.165) is 31.6 Å². The lowest BCUT2D eigenvalue weighted by molar-refractivity contribution is -0.385. The summed E-state index contributed by atoms with van der Waals surface area (Å²) in [5, 5.41) is 21.8. The molecule has 0 aliphatic heterocycles. The molecule has 0 radical (unpaired) electrons. The molecule has 0 aromatic heterocycles. The van der Waals surface area contributed by atoms with E-state index in [1.165, 1.54) is 41.8 Å². The van der Waals surface area contributed by atoms with Crippen LogP contribution in [0.5, 0.6) is 23.0 Å². The second-order valence-electron chi connectivity index (χ2n) is 10.2. The Bertz CT molecular complexity index is 1350. The molecule has 8 nitrogen and oxygen atoms in total. The Morgan fingerprint density at radius 2 is 0.950 bits per heavy atom. The number of nitro groups is 2. The van der Waals surface area contributed by atoms with Crippen molar-refractivity contribution in [2.75, 3.05) is 0 Å². The van der Waals surface area contributed by atoms with Crippen molar-refractivity contribution in [1.82, 2.24) is 0 Å². The van der Waals surface area contributed by atoms with Crippen molar-refractivity contribution in [2.24, 2.45) is 5.92 Å². The molecule has 1 aliphatic rings. The van der Waals surface area contributed by atoms with Crippen molar-refractivity contribution in [1.29, 1.82) is 0 Å². The summed E-state index contributed by atoms with van der Waals surface area (Å²) in [6.45, 7) is 2.26. The van der Waals surface area contributed by atoms with Gasteiger partial charge in [-0.1, -0.05) is 37.6 Å². The normalized spacial score (nSPS) is 14.8. The van der Waals surface area contributed by atoms with Crippen LogP contribution in [0.2, 0.25) is 0 Å². The van der Waals surface area contributed by atoms with E-state index in [1.807, 2.05) is 24.3 Å². The highest BCUT2D eigenvalue weighted by atomic mass is 16.6. The lowest BCUT2D eigenvalue weighted by Crippen LogP contribution is -2.33. The first-order valence-corrected chi connectivity index (χ1v) is 13.4. The molecular formula is C32H30N2O6. The first kappa shape index (κ1) is 26.9. The van der Waals surface area contributed by atoms with Crippen LogP contribution in [0.3, 0.4) is 0 Å². The summed E-state index contributed by atoms with van der Waals surface area (Å²) in [6.07, 6.45) is 5.56. The fourth-order valence-corrected chi connectivity index (χ4v) is 5.55. The number of hydrogen-bond donors (Lipinski definition) is 0. The average Bonchev–Trinajstić information content (AvgIpc) is 2.98. The largest absolute Gasteiger partial charge is 0.457 e. The maximum Gasteiger partial charge on any atom is 0.269 e. The van der Waals surface area contributed by atoms with Crippen molar-refractivity contribution >= 4 is 11.4 Å². The molecular weight excluding hydrogens is 508 g/mol. The molecule has 1 fully saturated rings.